The van der Waals surface area contributed by atoms with Gasteiger partial charge in [0.15, 0.2) is 10.3 Å². The molecule has 0 saturated heterocycles. The molecule has 0 spiro atoms. The molecule has 2 heterocycles. The molecule has 0 amide bonds. The number of imidazole rings is 1. The van der Waals surface area contributed by atoms with Crippen molar-refractivity contribution in [3.63, 3.8) is 0 Å². The molecule has 124 valence electrons. The maximum Gasteiger partial charge on any atom is 0.240 e. The van der Waals surface area contributed by atoms with Gasteiger partial charge in [-0.25, -0.2) is 23.1 Å². The van der Waals surface area contributed by atoms with E-state index < -0.39 is 10.0 Å². The number of hydrogen-bond donors (Lipinski definition) is 1. The molecule has 1 aliphatic carbocycles. The molecule has 0 unspecified atom stereocenters. The van der Waals surface area contributed by atoms with Gasteiger partial charge in [-0.15, -0.1) is 0 Å². The van der Waals surface area contributed by atoms with E-state index in [1.807, 2.05) is 10.6 Å². The maximum absolute atomic E-state index is 12.2. The van der Waals surface area contributed by atoms with Gasteiger partial charge in [-0.1, -0.05) is 12.1 Å². The van der Waals surface area contributed by atoms with E-state index in [0.717, 1.165) is 24.1 Å². The molecular weight excluding hydrogens is 460 g/mol. The molecular formula is C15H12Br2N4O2S. The summed E-state index contributed by atoms with van der Waals surface area (Å²) in [7, 11) is -3.44. The number of halogens is 2. The van der Waals surface area contributed by atoms with E-state index in [1.165, 1.54) is 0 Å². The first-order valence-electron chi connectivity index (χ1n) is 7.26. The van der Waals surface area contributed by atoms with Crippen LogP contribution < -0.4 is 4.72 Å². The highest BCUT2D eigenvalue weighted by molar-refractivity contribution is 9.11. The molecule has 0 aliphatic heterocycles. The first-order valence-corrected chi connectivity index (χ1v) is 10.3. The summed E-state index contributed by atoms with van der Waals surface area (Å²) < 4.78 is 30.4. The number of sulfonamides is 1. The molecule has 2 aromatic heterocycles. The minimum Gasteiger partial charge on any atom is -0.295 e. The fourth-order valence-corrected chi connectivity index (χ4v) is 4.84. The first-order chi connectivity index (χ1) is 11.4. The third-order valence-electron chi connectivity index (χ3n) is 3.78. The second-order valence-corrected chi connectivity index (χ2v) is 8.89. The quantitative estimate of drug-likeness (QED) is 0.632. The number of nitrogens with one attached hydrogen (secondary N) is 1. The van der Waals surface area contributed by atoms with E-state index in [9.17, 15) is 8.42 Å². The van der Waals surface area contributed by atoms with Crippen LogP contribution in [0.5, 0.6) is 0 Å². The van der Waals surface area contributed by atoms with Crippen molar-refractivity contribution in [3.05, 3.63) is 45.9 Å². The Morgan fingerprint density at radius 2 is 1.88 bits per heavy atom. The van der Waals surface area contributed by atoms with Gasteiger partial charge in [-0.3, -0.25) is 4.40 Å². The summed E-state index contributed by atoms with van der Waals surface area (Å²) in [4.78, 5) is 8.88. The zero-order valence-corrected chi connectivity index (χ0v) is 16.3. The van der Waals surface area contributed by atoms with Crippen molar-refractivity contribution in [1.29, 1.82) is 0 Å². The van der Waals surface area contributed by atoms with Crippen LogP contribution in [-0.2, 0) is 10.0 Å². The maximum atomic E-state index is 12.2. The first kappa shape index (κ1) is 16.2. The number of hydrogen-bond acceptors (Lipinski definition) is 4. The Balaban J connectivity index is 1.73. The van der Waals surface area contributed by atoms with Crippen molar-refractivity contribution < 1.29 is 8.42 Å². The van der Waals surface area contributed by atoms with Crippen molar-refractivity contribution in [3.8, 4) is 11.3 Å². The summed E-state index contributed by atoms with van der Waals surface area (Å²) in [6.07, 6.45) is 5.38. The Morgan fingerprint density at radius 3 is 2.54 bits per heavy atom. The van der Waals surface area contributed by atoms with Crippen molar-refractivity contribution in [1.82, 2.24) is 19.1 Å². The van der Waals surface area contributed by atoms with Crippen molar-refractivity contribution in [2.45, 2.75) is 23.8 Å². The monoisotopic (exact) mass is 470 g/mol. The lowest BCUT2D eigenvalue weighted by Crippen LogP contribution is -2.25. The zero-order valence-electron chi connectivity index (χ0n) is 12.3. The van der Waals surface area contributed by atoms with E-state index in [0.29, 0.717) is 14.9 Å². The molecule has 0 radical (unpaired) electrons. The average Bonchev–Trinajstić information content (AvgIpc) is 3.23. The van der Waals surface area contributed by atoms with Crippen LogP contribution in [0.3, 0.4) is 0 Å². The summed E-state index contributed by atoms with van der Waals surface area (Å²) in [5, 5.41) is 0. The molecule has 9 heteroatoms. The third-order valence-corrected chi connectivity index (χ3v) is 6.23. The Kier molecular flexibility index (Phi) is 3.98. The van der Waals surface area contributed by atoms with Crippen LogP contribution in [0.2, 0.25) is 0 Å². The molecule has 1 aliphatic rings. The zero-order chi connectivity index (χ0) is 16.9. The number of benzene rings is 1. The topological polar surface area (TPSA) is 76.4 Å². The highest BCUT2D eigenvalue weighted by Gasteiger charge is 2.27. The van der Waals surface area contributed by atoms with Gasteiger partial charge in [-0.05, 0) is 56.8 Å². The van der Waals surface area contributed by atoms with Gasteiger partial charge in [0.1, 0.15) is 4.60 Å². The molecule has 6 nitrogen and oxygen atoms in total. The number of aromatic nitrogens is 3. The molecule has 24 heavy (non-hydrogen) atoms. The van der Waals surface area contributed by atoms with E-state index >= 15 is 0 Å². The Morgan fingerprint density at radius 1 is 1.17 bits per heavy atom. The molecule has 0 bridgehead atoms. The van der Waals surface area contributed by atoms with Crippen LogP contribution in [0, 0.1) is 0 Å². The lowest BCUT2D eigenvalue weighted by atomic mass is 10.2. The Hall–Kier alpha value is -1.29. The van der Waals surface area contributed by atoms with Crippen molar-refractivity contribution in [2.24, 2.45) is 0 Å². The van der Waals surface area contributed by atoms with Gasteiger partial charge in [0.2, 0.25) is 10.0 Å². The third kappa shape index (κ3) is 3.01. The molecule has 1 aromatic carbocycles. The summed E-state index contributed by atoms with van der Waals surface area (Å²) in [5.41, 5.74) is 2.42. The predicted molar refractivity (Wildman–Crippen MR) is 97.2 cm³/mol. The molecule has 4 rings (SSSR count). The van der Waals surface area contributed by atoms with E-state index in [-0.39, 0.29) is 10.9 Å². The van der Waals surface area contributed by atoms with Gasteiger partial charge in [0.05, 0.1) is 16.8 Å². The van der Waals surface area contributed by atoms with Crippen LogP contribution in [0.15, 0.2) is 50.8 Å². The van der Waals surface area contributed by atoms with Gasteiger partial charge in [0.25, 0.3) is 0 Å². The summed E-state index contributed by atoms with van der Waals surface area (Å²) in [6, 6.07) is 6.89. The van der Waals surface area contributed by atoms with Crippen LogP contribution in [0.1, 0.15) is 12.8 Å². The SMILES string of the molecule is O=S(=O)(NC1CC1)c1ccc(-c2cnc3c(Br)nc(Br)cn23)cc1. The summed E-state index contributed by atoms with van der Waals surface area (Å²) in [5.74, 6) is 0. The van der Waals surface area contributed by atoms with Gasteiger partial charge >= 0.3 is 0 Å². The molecule has 0 atom stereocenters. The van der Waals surface area contributed by atoms with Crippen molar-refractivity contribution >= 4 is 47.5 Å². The second-order valence-electron chi connectivity index (χ2n) is 5.61. The molecule has 3 aromatic rings. The average molecular weight is 472 g/mol. The lowest BCUT2D eigenvalue weighted by Gasteiger charge is -2.07. The standard InChI is InChI=1S/C15H12Br2N4O2S/c16-13-8-21-12(7-18-15(21)14(17)19-13)9-1-5-11(6-2-9)24(22,23)20-10-3-4-10/h1-2,5-8,10,20H,3-4H2. The Labute approximate surface area is 155 Å². The van der Waals surface area contributed by atoms with E-state index in [4.69, 9.17) is 0 Å². The number of nitrogens with zero attached hydrogens (tertiary/aromatic N) is 3. The Bertz CT molecular complexity index is 1030. The highest BCUT2D eigenvalue weighted by Crippen LogP contribution is 2.27. The normalized spacial score (nSPS) is 15.1. The smallest absolute Gasteiger partial charge is 0.240 e. The molecule has 1 N–H and O–H groups in total. The number of fused-ring (bicyclic) bond motifs is 1. The van der Waals surface area contributed by atoms with Gasteiger partial charge < -0.3 is 0 Å². The molecule has 1 saturated carbocycles. The van der Waals surface area contributed by atoms with E-state index in [2.05, 4.69) is 46.5 Å². The second kappa shape index (κ2) is 5.91. The minimum atomic E-state index is -3.44. The van der Waals surface area contributed by atoms with Gasteiger partial charge in [0, 0.05) is 17.8 Å². The number of rotatable bonds is 4. The van der Waals surface area contributed by atoms with Crippen LogP contribution >= 0.6 is 31.9 Å². The highest BCUT2D eigenvalue weighted by atomic mass is 79.9. The van der Waals surface area contributed by atoms with Gasteiger partial charge in [-0.2, -0.15) is 0 Å². The minimum absolute atomic E-state index is 0.0932. The lowest BCUT2D eigenvalue weighted by molar-refractivity contribution is 0.581. The largest absolute Gasteiger partial charge is 0.295 e. The summed E-state index contributed by atoms with van der Waals surface area (Å²) >= 11 is 6.75. The van der Waals surface area contributed by atoms with Crippen molar-refractivity contribution in [2.75, 3.05) is 0 Å². The van der Waals surface area contributed by atoms with Crippen LogP contribution in [-0.4, -0.2) is 28.8 Å². The van der Waals surface area contributed by atoms with Crippen LogP contribution in [0.25, 0.3) is 16.9 Å². The molecule has 1 fully saturated rings. The van der Waals surface area contributed by atoms with E-state index in [1.54, 1.807) is 30.5 Å². The summed E-state index contributed by atoms with van der Waals surface area (Å²) in [6.45, 7) is 0. The fourth-order valence-electron chi connectivity index (χ4n) is 2.43. The predicted octanol–water partition coefficient (Wildman–Crippen LogP) is 3.36. The van der Waals surface area contributed by atoms with Crippen LogP contribution in [0.4, 0.5) is 0 Å². The fraction of sp³-hybridized carbons (Fsp3) is 0.200.